The maximum absolute atomic E-state index is 13.3. The average molecular weight is 464 g/mol. The van der Waals surface area contributed by atoms with Gasteiger partial charge in [0.2, 0.25) is 5.91 Å². The van der Waals surface area contributed by atoms with E-state index < -0.39 is 41.2 Å². The Bertz CT molecular complexity index is 880. The van der Waals surface area contributed by atoms with E-state index in [1.165, 1.54) is 4.68 Å². The number of amides is 3. The van der Waals surface area contributed by atoms with Crippen LogP contribution in [-0.4, -0.2) is 56.1 Å². The Morgan fingerprint density at radius 3 is 2.33 bits per heavy atom. The van der Waals surface area contributed by atoms with Crippen molar-refractivity contribution in [2.24, 2.45) is 12.5 Å². The third-order valence-electron chi connectivity index (χ3n) is 6.41. The van der Waals surface area contributed by atoms with Crippen molar-refractivity contribution in [2.75, 3.05) is 5.32 Å². The van der Waals surface area contributed by atoms with E-state index in [2.05, 4.69) is 28.0 Å². The van der Waals surface area contributed by atoms with Gasteiger partial charge in [-0.25, -0.2) is 4.79 Å². The van der Waals surface area contributed by atoms with Gasteiger partial charge in [-0.2, -0.15) is 5.10 Å². The lowest BCUT2D eigenvalue weighted by molar-refractivity contribution is -0.130. The molecule has 0 spiro atoms. The predicted octanol–water partition coefficient (Wildman–Crippen LogP) is 2.23. The number of rotatable bonds is 8. The number of anilines is 1. The average Bonchev–Trinajstić information content (AvgIpc) is 3.15. The predicted molar refractivity (Wildman–Crippen MR) is 122 cm³/mol. The number of alkyl carbamates (subject to hydrolysis) is 1. The Kier molecular flexibility index (Phi) is 7.07. The van der Waals surface area contributed by atoms with Crippen LogP contribution in [0.4, 0.5) is 10.6 Å². The Morgan fingerprint density at radius 2 is 1.82 bits per heavy atom. The first-order chi connectivity index (χ1) is 15.3. The highest BCUT2D eigenvalue weighted by atomic mass is 16.6. The van der Waals surface area contributed by atoms with Crippen LogP contribution in [0.5, 0.6) is 0 Å². The Labute approximate surface area is 194 Å². The summed E-state index contributed by atoms with van der Waals surface area (Å²) < 4.78 is 6.90. The summed E-state index contributed by atoms with van der Waals surface area (Å²) in [6.45, 7) is 7.40. The van der Waals surface area contributed by atoms with E-state index in [9.17, 15) is 19.5 Å². The van der Waals surface area contributed by atoms with Gasteiger partial charge in [0.05, 0.1) is 5.54 Å². The van der Waals surface area contributed by atoms with Crippen LogP contribution in [0, 0.1) is 5.41 Å². The quantitative estimate of drug-likeness (QED) is 0.467. The lowest BCUT2D eigenvalue weighted by Crippen LogP contribution is -2.57. The van der Waals surface area contributed by atoms with E-state index in [1.807, 2.05) is 0 Å². The Hall–Kier alpha value is -2.62. The van der Waals surface area contributed by atoms with Gasteiger partial charge >= 0.3 is 6.09 Å². The zero-order valence-electron chi connectivity index (χ0n) is 20.2. The molecule has 1 heterocycles. The van der Waals surface area contributed by atoms with Crippen LogP contribution in [-0.2, 0) is 21.4 Å². The fraction of sp³-hybridized carbons (Fsp3) is 0.739. The summed E-state index contributed by atoms with van der Waals surface area (Å²) in [5, 5.41) is 22.9. The maximum atomic E-state index is 13.3. The van der Waals surface area contributed by atoms with Crippen LogP contribution in [0.25, 0.3) is 0 Å². The van der Waals surface area contributed by atoms with Crippen molar-refractivity contribution in [2.45, 2.75) is 95.9 Å². The highest BCUT2D eigenvalue weighted by Crippen LogP contribution is 2.42. The van der Waals surface area contributed by atoms with E-state index in [4.69, 9.17) is 4.74 Å². The monoisotopic (exact) mass is 463 g/mol. The summed E-state index contributed by atoms with van der Waals surface area (Å²) >= 11 is 0. The molecule has 33 heavy (non-hydrogen) atoms. The van der Waals surface area contributed by atoms with Gasteiger partial charge in [-0.3, -0.25) is 14.3 Å². The van der Waals surface area contributed by atoms with Crippen LogP contribution in [0.1, 0.15) is 72.6 Å². The molecule has 1 aromatic heterocycles. The number of ether oxygens (including phenoxy) is 1. The molecule has 10 nitrogen and oxygen atoms in total. The van der Waals surface area contributed by atoms with E-state index in [1.54, 1.807) is 40.1 Å². The van der Waals surface area contributed by atoms with Crippen LogP contribution in [0.3, 0.4) is 0 Å². The fourth-order valence-corrected chi connectivity index (χ4v) is 4.45. The molecule has 3 rings (SSSR count). The molecule has 2 saturated carbocycles. The van der Waals surface area contributed by atoms with E-state index in [0.717, 1.165) is 25.7 Å². The zero-order valence-corrected chi connectivity index (χ0v) is 20.2. The molecular weight excluding hydrogens is 426 g/mol. The van der Waals surface area contributed by atoms with Crippen LogP contribution in [0.15, 0.2) is 12.3 Å². The number of hydrogen-bond donors (Lipinski definition) is 4. The van der Waals surface area contributed by atoms with Crippen molar-refractivity contribution in [1.82, 2.24) is 20.4 Å². The van der Waals surface area contributed by atoms with Crippen molar-refractivity contribution < 1.29 is 24.2 Å². The molecule has 184 valence electrons. The molecule has 3 amide bonds. The van der Waals surface area contributed by atoms with Crippen molar-refractivity contribution in [1.29, 1.82) is 0 Å². The second-order valence-corrected chi connectivity index (χ2v) is 10.8. The SMILES string of the molecule is Cn1ccc(NC(=O)C(O)C2(NC(=O)C(CC3(C)CCCC3)NC(=O)OC(C)(C)C)CC2)n1. The van der Waals surface area contributed by atoms with Crippen LogP contribution < -0.4 is 16.0 Å². The molecule has 4 N–H and O–H groups in total. The molecule has 2 fully saturated rings. The minimum Gasteiger partial charge on any atom is -0.444 e. The number of hydrogen-bond acceptors (Lipinski definition) is 6. The van der Waals surface area contributed by atoms with Gasteiger partial charge in [-0.05, 0) is 58.3 Å². The standard InChI is InChI=1S/C23H37N5O5/c1-21(2,3)33-20(32)24-15(14-22(4)9-6-7-10-22)18(30)26-23(11-12-23)17(29)19(31)25-16-8-13-28(5)27-16/h8,13,15,17,29H,6-7,9-12,14H2,1-5H3,(H,24,32)(H,26,30)(H,25,27,31). The van der Waals surface area contributed by atoms with Gasteiger partial charge in [0.1, 0.15) is 11.6 Å². The number of carbonyl (C=O) groups excluding carboxylic acids is 3. The summed E-state index contributed by atoms with van der Waals surface area (Å²) in [4.78, 5) is 38.3. The summed E-state index contributed by atoms with van der Waals surface area (Å²) in [7, 11) is 1.72. The normalized spacial score (nSPS) is 20.4. The third kappa shape index (κ3) is 6.69. The number of carbonyl (C=O) groups is 3. The second-order valence-electron chi connectivity index (χ2n) is 10.8. The van der Waals surface area contributed by atoms with E-state index in [0.29, 0.717) is 25.1 Å². The number of aromatic nitrogens is 2. The number of aliphatic hydroxyl groups excluding tert-OH is 1. The maximum Gasteiger partial charge on any atom is 0.408 e. The molecule has 10 heteroatoms. The van der Waals surface area contributed by atoms with Gasteiger partial charge in [0.25, 0.3) is 5.91 Å². The lowest BCUT2D eigenvalue weighted by Gasteiger charge is -2.32. The topological polar surface area (TPSA) is 135 Å². The summed E-state index contributed by atoms with van der Waals surface area (Å²) in [6, 6.07) is 0.790. The fourth-order valence-electron chi connectivity index (χ4n) is 4.45. The number of aliphatic hydroxyl groups is 1. The second kappa shape index (κ2) is 9.32. The van der Waals surface area contributed by atoms with Crippen molar-refractivity contribution >= 4 is 23.7 Å². The molecule has 2 aliphatic rings. The minimum atomic E-state index is -1.44. The molecule has 0 aliphatic heterocycles. The number of aryl methyl sites for hydroxylation is 1. The number of nitrogens with one attached hydrogen (secondary N) is 3. The molecule has 1 aromatic rings. The third-order valence-corrected chi connectivity index (χ3v) is 6.41. The molecule has 0 radical (unpaired) electrons. The molecule has 0 saturated heterocycles. The van der Waals surface area contributed by atoms with Gasteiger partial charge in [0.15, 0.2) is 11.9 Å². The smallest absolute Gasteiger partial charge is 0.408 e. The van der Waals surface area contributed by atoms with Gasteiger partial charge in [-0.15, -0.1) is 0 Å². The summed E-state index contributed by atoms with van der Waals surface area (Å²) in [6.07, 6.45) is 5.10. The van der Waals surface area contributed by atoms with Gasteiger partial charge in [-0.1, -0.05) is 19.8 Å². The first-order valence-electron chi connectivity index (χ1n) is 11.6. The van der Waals surface area contributed by atoms with E-state index in [-0.39, 0.29) is 5.41 Å². The number of nitrogens with zero attached hydrogens (tertiary/aromatic N) is 2. The minimum absolute atomic E-state index is 0.0668. The Morgan fingerprint density at radius 1 is 1.18 bits per heavy atom. The van der Waals surface area contributed by atoms with Crippen molar-refractivity contribution in [3.8, 4) is 0 Å². The first kappa shape index (κ1) is 25.0. The molecule has 0 bridgehead atoms. The molecule has 0 aromatic carbocycles. The van der Waals surface area contributed by atoms with Crippen molar-refractivity contribution in [3.63, 3.8) is 0 Å². The highest BCUT2D eigenvalue weighted by Gasteiger charge is 2.54. The van der Waals surface area contributed by atoms with Crippen LogP contribution >= 0.6 is 0 Å². The largest absolute Gasteiger partial charge is 0.444 e. The zero-order chi connectivity index (χ0) is 24.4. The van der Waals surface area contributed by atoms with Crippen LogP contribution in [0.2, 0.25) is 0 Å². The lowest BCUT2D eigenvalue weighted by atomic mass is 9.81. The van der Waals surface area contributed by atoms with E-state index >= 15 is 0 Å². The molecular formula is C23H37N5O5. The first-order valence-corrected chi connectivity index (χ1v) is 11.6. The summed E-state index contributed by atoms with van der Waals surface area (Å²) in [5.74, 6) is -0.732. The molecule has 2 atom stereocenters. The molecule has 2 unspecified atom stereocenters. The molecule has 2 aliphatic carbocycles. The summed E-state index contributed by atoms with van der Waals surface area (Å²) in [5.41, 5.74) is -1.82. The van der Waals surface area contributed by atoms with Crippen molar-refractivity contribution in [3.05, 3.63) is 12.3 Å². The Balaban J connectivity index is 1.67. The highest BCUT2D eigenvalue weighted by molar-refractivity contribution is 5.95. The van der Waals surface area contributed by atoms with Gasteiger partial charge < -0.3 is 25.8 Å². The van der Waals surface area contributed by atoms with Gasteiger partial charge in [0, 0.05) is 19.3 Å².